The molecular weight excluding hydrogens is 276 g/mol. The molecule has 1 fully saturated rings. The van der Waals surface area contributed by atoms with Crippen LogP contribution in [0.3, 0.4) is 0 Å². The Morgan fingerprint density at radius 3 is 2.41 bits per heavy atom. The molecule has 0 aromatic heterocycles. The minimum absolute atomic E-state index is 0.0716. The number of nitrogens with zero attached hydrogens (tertiary/aromatic N) is 2. The molecule has 4 heteroatoms. The number of likely N-dealkylation sites (tertiary alicyclic amines) is 1. The largest absolute Gasteiger partial charge is 0.393 e. The van der Waals surface area contributed by atoms with Gasteiger partial charge in [0.05, 0.1) is 6.10 Å². The first-order valence-corrected chi connectivity index (χ1v) is 8.28. The number of carbonyl (C=O) groups excluding carboxylic acids is 1. The van der Waals surface area contributed by atoms with Crippen molar-refractivity contribution in [1.29, 1.82) is 0 Å². The predicted molar refractivity (Wildman–Crippen MR) is 90.3 cm³/mol. The first-order chi connectivity index (χ1) is 10.4. The molecule has 0 radical (unpaired) electrons. The summed E-state index contributed by atoms with van der Waals surface area (Å²) in [4.78, 5) is 16.7. The van der Waals surface area contributed by atoms with Gasteiger partial charge < -0.3 is 14.9 Å². The Hall–Kier alpha value is -1.55. The van der Waals surface area contributed by atoms with Gasteiger partial charge in [-0.15, -0.1) is 0 Å². The summed E-state index contributed by atoms with van der Waals surface area (Å²) in [5, 5.41) is 9.66. The summed E-state index contributed by atoms with van der Waals surface area (Å²) < 4.78 is 0. The Balaban J connectivity index is 2.06. The Labute approximate surface area is 133 Å². The maximum atomic E-state index is 12.5. The lowest BCUT2D eigenvalue weighted by Gasteiger charge is -2.27. The van der Waals surface area contributed by atoms with Crippen LogP contribution in [0.1, 0.15) is 44.5 Å². The quantitative estimate of drug-likeness (QED) is 0.909. The zero-order chi connectivity index (χ0) is 16.3. The number of benzene rings is 1. The fourth-order valence-electron chi connectivity index (χ4n) is 3.19. The van der Waals surface area contributed by atoms with Crippen LogP contribution in [0.4, 0.5) is 5.69 Å². The van der Waals surface area contributed by atoms with Crippen molar-refractivity contribution in [2.24, 2.45) is 5.92 Å². The van der Waals surface area contributed by atoms with Gasteiger partial charge in [-0.2, -0.15) is 0 Å². The Morgan fingerprint density at radius 1 is 1.32 bits per heavy atom. The third kappa shape index (κ3) is 3.61. The lowest BCUT2D eigenvalue weighted by atomic mass is 10.0. The predicted octanol–water partition coefficient (Wildman–Crippen LogP) is 2.76. The summed E-state index contributed by atoms with van der Waals surface area (Å²) in [6.45, 7) is 10.6. The van der Waals surface area contributed by atoms with Gasteiger partial charge in [-0.3, -0.25) is 4.79 Å². The van der Waals surface area contributed by atoms with Crippen molar-refractivity contribution in [3.05, 3.63) is 29.8 Å². The second-order valence-corrected chi connectivity index (χ2v) is 6.47. The molecule has 2 atom stereocenters. The van der Waals surface area contributed by atoms with Crippen molar-refractivity contribution >= 4 is 11.6 Å². The van der Waals surface area contributed by atoms with E-state index in [9.17, 15) is 9.90 Å². The highest BCUT2D eigenvalue weighted by molar-refractivity contribution is 5.94. The second-order valence-electron chi connectivity index (χ2n) is 6.47. The summed E-state index contributed by atoms with van der Waals surface area (Å²) >= 11 is 0. The third-order valence-electron chi connectivity index (χ3n) is 4.60. The molecule has 122 valence electrons. The zero-order valence-corrected chi connectivity index (χ0v) is 14.1. The molecule has 1 N–H and O–H groups in total. The molecule has 1 aromatic rings. The summed E-state index contributed by atoms with van der Waals surface area (Å²) in [7, 11) is 0. The highest BCUT2D eigenvalue weighted by Gasteiger charge is 2.29. The average molecular weight is 304 g/mol. The van der Waals surface area contributed by atoms with Crippen LogP contribution < -0.4 is 4.90 Å². The van der Waals surface area contributed by atoms with E-state index < -0.39 is 0 Å². The van der Waals surface area contributed by atoms with Crippen molar-refractivity contribution in [2.45, 2.75) is 46.3 Å². The van der Waals surface area contributed by atoms with Gasteiger partial charge >= 0.3 is 0 Å². The summed E-state index contributed by atoms with van der Waals surface area (Å²) in [5.74, 6) is 0.280. The van der Waals surface area contributed by atoms with E-state index in [4.69, 9.17) is 0 Å². The molecule has 1 aliphatic rings. The van der Waals surface area contributed by atoms with E-state index in [1.807, 2.05) is 29.2 Å². The Bertz CT molecular complexity index is 496. The van der Waals surface area contributed by atoms with Gasteiger partial charge in [-0.25, -0.2) is 0 Å². The molecule has 0 bridgehead atoms. The number of aliphatic hydroxyl groups excluding tert-OH is 1. The van der Waals surface area contributed by atoms with Crippen LogP contribution in [0, 0.1) is 5.92 Å². The first-order valence-electron chi connectivity index (χ1n) is 8.28. The highest BCUT2D eigenvalue weighted by atomic mass is 16.3. The van der Waals surface area contributed by atoms with Crippen LogP contribution in [-0.4, -0.2) is 47.7 Å². The van der Waals surface area contributed by atoms with Crippen LogP contribution in [-0.2, 0) is 0 Å². The van der Waals surface area contributed by atoms with Crippen molar-refractivity contribution < 1.29 is 9.90 Å². The number of amides is 1. The molecule has 2 rings (SSSR count). The molecule has 1 amide bonds. The molecule has 0 aliphatic carbocycles. The number of aliphatic hydroxyl groups is 1. The molecule has 1 aromatic carbocycles. The van der Waals surface area contributed by atoms with Crippen LogP contribution in [0.25, 0.3) is 0 Å². The van der Waals surface area contributed by atoms with E-state index in [1.54, 1.807) is 6.92 Å². The molecule has 1 heterocycles. The number of hydrogen-bond donors (Lipinski definition) is 1. The summed E-state index contributed by atoms with van der Waals surface area (Å²) in [5.41, 5.74) is 1.88. The lowest BCUT2D eigenvalue weighted by molar-refractivity contribution is 0.0762. The first kappa shape index (κ1) is 16.8. The van der Waals surface area contributed by atoms with Gasteiger partial charge in [0.15, 0.2) is 0 Å². The number of hydrogen-bond acceptors (Lipinski definition) is 3. The van der Waals surface area contributed by atoms with Crippen molar-refractivity contribution in [3.8, 4) is 0 Å². The van der Waals surface area contributed by atoms with Gasteiger partial charge in [0.2, 0.25) is 0 Å². The van der Waals surface area contributed by atoms with E-state index in [0.717, 1.165) is 30.8 Å². The normalized spacial score (nSPS) is 19.5. The van der Waals surface area contributed by atoms with Gasteiger partial charge in [0.25, 0.3) is 5.91 Å². The Kier molecular flexibility index (Phi) is 5.46. The van der Waals surface area contributed by atoms with E-state index in [2.05, 4.69) is 25.7 Å². The lowest BCUT2D eigenvalue weighted by Crippen LogP contribution is -2.31. The molecule has 22 heavy (non-hydrogen) atoms. The van der Waals surface area contributed by atoms with Gasteiger partial charge in [0.1, 0.15) is 0 Å². The van der Waals surface area contributed by atoms with E-state index in [0.29, 0.717) is 12.6 Å². The molecule has 0 saturated carbocycles. The van der Waals surface area contributed by atoms with Crippen LogP contribution in [0.2, 0.25) is 0 Å². The van der Waals surface area contributed by atoms with Crippen LogP contribution in [0.5, 0.6) is 0 Å². The van der Waals surface area contributed by atoms with Crippen molar-refractivity contribution in [2.75, 3.05) is 24.5 Å². The average Bonchev–Trinajstić information content (AvgIpc) is 2.97. The smallest absolute Gasteiger partial charge is 0.253 e. The minimum atomic E-state index is -0.343. The standard InChI is InChI=1S/C18H28N2O2/c1-5-20(13(2)3)17-8-6-15(7-9-17)18(22)19-11-10-16(12-19)14(4)21/h6-9,13-14,16,21H,5,10-12H2,1-4H3. The minimum Gasteiger partial charge on any atom is -0.393 e. The molecule has 2 unspecified atom stereocenters. The number of rotatable bonds is 5. The summed E-state index contributed by atoms with van der Waals surface area (Å²) in [6.07, 6.45) is 0.544. The van der Waals surface area contributed by atoms with Gasteiger partial charge in [-0.1, -0.05) is 0 Å². The molecule has 1 aliphatic heterocycles. The zero-order valence-electron chi connectivity index (χ0n) is 14.1. The van der Waals surface area contributed by atoms with Crippen molar-refractivity contribution in [1.82, 2.24) is 4.90 Å². The SMILES string of the molecule is CCN(c1ccc(C(=O)N2CCC(C(C)O)C2)cc1)C(C)C. The highest BCUT2D eigenvalue weighted by Crippen LogP contribution is 2.23. The molecule has 1 saturated heterocycles. The Morgan fingerprint density at radius 2 is 1.95 bits per heavy atom. The monoisotopic (exact) mass is 304 g/mol. The van der Waals surface area contributed by atoms with Crippen molar-refractivity contribution in [3.63, 3.8) is 0 Å². The van der Waals surface area contributed by atoms with Crippen LogP contribution in [0.15, 0.2) is 24.3 Å². The van der Waals surface area contributed by atoms with Gasteiger partial charge in [-0.05, 0) is 58.4 Å². The maximum Gasteiger partial charge on any atom is 0.253 e. The molecule has 0 spiro atoms. The second kappa shape index (κ2) is 7.14. The van der Waals surface area contributed by atoms with Crippen LogP contribution >= 0.6 is 0 Å². The van der Waals surface area contributed by atoms with E-state index >= 15 is 0 Å². The fraction of sp³-hybridized carbons (Fsp3) is 0.611. The number of carbonyl (C=O) groups is 1. The fourth-order valence-corrected chi connectivity index (χ4v) is 3.19. The third-order valence-corrected chi connectivity index (χ3v) is 4.60. The summed E-state index contributed by atoms with van der Waals surface area (Å²) in [6, 6.07) is 8.33. The topological polar surface area (TPSA) is 43.8 Å². The van der Waals surface area contributed by atoms with E-state index in [-0.39, 0.29) is 17.9 Å². The maximum absolute atomic E-state index is 12.5. The van der Waals surface area contributed by atoms with Gasteiger partial charge in [0, 0.05) is 42.8 Å². The molecular formula is C18H28N2O2. The molecule has 4 nitrogen and oxygen atoms in total. The number of anilines is 1. The van der Waals surface area contributed by atoms with E-state index in [1.165, 1.54) is 0 Å².